The highest BCUT2D eigenvalue weighted by Crippen LogP contribution is 2.34. The number of benzene rings is 3. The van der Waals surface area contributed by atoms with Gasteiger partial charge in [-0.1, -0.05) is 55.3 Å². The fraction of sp³-hybridized carbons (Fsp3) is 0.370. The predicted molar refractivity (Wildman–Crippen MR) is 133 cm³/mol. The molecule has 32 heavy (non-hydrogen) atoms. The van der Waals surface area contributed by atoms with E-state index in [1.807, 2.05) is 12.1 Å². The number of hydrogen-bond acceptors (Lipinski definition) is 4. The van der Waals surface area contributed by atoms with Gasteiger partial charge in [0.15, 0.2) is 0 Å². The van der Waals surface area contributed by atoms with E-state index in [2.05, 4.69) is 42.5 Å². The molecule has 0 fully saturated rings. The van der Waals surface area contributed by atoms with Crippen LogP contribution in [0.15, 0.2) is 48.5 Å². The summed E-state index contributed by atoms with van der Waals surface area (Å²) >= 11 is 0. The van der Waals surface area contributed by atoms with Crippen LogP contribution in [0.2, 0.25) is 0 Å². The van der Waals surface area contributed by atoms with Gasteiger partial charge in [-0.05, 0) is 83.6 Å². The van der Waals surface area contributed by atoms with E-state index < -0.39 is 0 Å². The number of rotatable bonds is 10. The molecule has 168 valence electrons. The van der Waals surface area contributed by atoms with Crippen molar-refractivity contribution in [2.24, 2.45) is 11.5 Å². The summed E-state index contributed by atoms with van der Waals surface area (Å²) in [6.07, 6.45) is 9.98. The molecule has 0 spiro atoms. The van der Waals surface area contributed by atoms with Crippen molar-refractivity contribution < 1.29 is 9.53 Å². The van der Waals surface area contributed by atoms with Crippen molar-refractivity contribution in [2.75, 3.05) is 26.2 Å². The highest BCUT2D eigenvalue weighted by Gasteiger charge is 2.16. The molecule has 1 aliphatic rings. The van der Waals surface area contributed by atoms with Gasteiger partial charge in [-0.15, -0.1) is 0 Å². The molecule has 0 bridgehead atoms. The maximum absolute atomic E-state index is 12.9. The molecule has 0 saturated carbocycles. The lowest BCUT2D eigenvalue weighted by molar-refractivity contribution is 0.151. The first kappa shape index (κ1) is 22.3. The standard InChI is InChI=1S/C27H33N3O2/c28-15-3-1-2-4-17-30(18-6-16-29)27(31)32-22-11-14-24-21(19-22)10-13-25-23-8-5-7-20(23)9-12-26(24)25/h5,7,9-14,19H,1-4,6,8,15-18,28-29H2. The molecule has 4 rings (SSSR count). The van der Waals surface area contributed by atoms with Gasteiger partial charge in [0, 0.05) is 13.1 Å². The number of nitrogens with two attached hydrogens (primary N) is 2. The van der Waals surface area contributed by atoms with E-state index in [9.17, 15) is 4.79 Å². The third-order valence-corrected chi connectivity index (χ3v) is 6.23. The summed E-state index contributed by atoms with van der Waals surface area (Å²) in [4.78, 5) is 14.6. The minimum Gasteiger partial charge on any atom is -0.410 e. The molecule has 0 aromatic heterocycles. The molecule has 0 aliphatic heterocycles. The number of nitrogens with zero attached hydrogens (tertiary/aromatic N) is 1. The first-order valence-corrected chi connectivity index (χ1v) is 11.7. The van der Waals surface area contributed by atoms with Gasteiger partial charge in [0.25, 0.3) is 0 Å². The van der Waals surface area contributed by atoms with Crippen LogP contribution in [0, 0.1) is 0 Å². The molecule has 1 amide bonds. The summed E-state index contributed by atoms with van der Waals surface area (Å²) in [5, 5.41) is 4.79. The van der Waals surface area contributed by atoms with Gasteiger partial charge in [-0.3, -0.25) is 0 Å². The monoisotopic (exact) mass is 431 g/mol. The molecule has 0 saturated heterocycles. The Morgan fingerprint density at radius 1 is 0.844 bits per heavy atom. The van der Waals surface area contributed by atoms with Crippen LogP contribution in [0.5, 0.6) is 5.75 Å². The Hall–Kier alpha value is -2.89. The smallest absolute Gasteiger partial charge is 0.410 e. The number of carbonyl (C=O) groups is 1. The number of unbranched alkanes of at least 4 members (excludes halogenated alkanes) is 3. The fourth-order valence-corrected chi connectivity index (χ4v) is 4.50. The number of allylic oxidation sites excluding steroid dienone is 1. The lowest BCUT2D eigenvalue weighted by atomic mass is 9.96. The zero-order valence-electron chi connectivity index (χ0n) is 18.7. The van der Waals surface area contributed by atoms with Gasteiger partial charge in [0.1, 0.15) is 5.75 Å². The highest BCUT2D eigenvalue weighted by molar-refractivity contribution is 6.09. The first-order chi connectivity index (χ1) is 15.7. The molecule has 0 heterocycles. The van der Waals surface area contributed by atoms with E-state index in [1.165, 1.54) is 27.3 Å². The molecule has 0 unspecified atom stereocenters. The molecule has 0 atom stereocenters. The minimum absolute atomic E-state index is 0.304. The number of ether oxygens (including phenoxy) is 1. The molecule has 5 heteroatoms. The predicted octanol–water partition coefficient (Wildman–Crippen LogP) is 5.23. The summed E-state index contributed by atoms with van der Waals surface area (Å²) < 4.78 is 5.76. The van der Waals surface area contributed by atoms with Gasteiger partial charge in [-0.25, -0.2) is 4.79 Å². The SMILES string of the molecule is NCCCCCCN(CCCN)C(=O)Oc1ccc2c(ccc3c4c(ccc32)C=CC4)c1. The van der Waals surface area contributed by atoms with Crippen LogP contribution in [-0.4, -0.2) is 37.2 Å². The van der Waals surface area contributed by atoms with Crippen LogP contribution in [-0.2, 0) is 6.42 Å². The Kier molecular flexibility index (Phi) is 7.40. The number of amides is 1. The number of hydrogen-bond donors (Lipinski definition) is 2. The molecule has 3 aromatic rings. The van der Waals surface area contributed by atoms with Crippen molar-refractivity contribution in [3.05, 3.63) is 59.7 Å². The Morgan fingerprint density at radius 2 is 1.59 bits per heavy atom. The topological polar surface area (TPSA) is 81.6 Å². The van der Waals surface area contributed by atoms with Gasteiger partial charge >= 0.3 is 6.09 Å². The molecule has 0 radical (unpaired) electrons. The van der Waals surface area contributed by atoms with E-state index in [1.54, 1.807) is 4.90 Å². The van der Waals surface area contributed by atoms with Crippen molar-refractivity contribution in [3.8, 4) is 5.75 Å². The van der Waals surface area contributed by atoms with Gasteiger partial charge < -0.3 is 21.1 Å². The second kappa shape index (κ2) is 10.6. The zero-order chi connectivity index (χ0) is 22.3. The minimum atomic E-state index is -0.304. The van der Waals surface area contributed by atoms with Crippen LogP contribution in [0.25, 0.3) is 27.6 Å². The summed E-state index contributed by atoms with van der Waals surface area (Å²) in [5.41, 5.74) is 13.9. The third-order valence-electron chi connectivity index (χ3n) is 6.23. The van der Waals surface area contributed by atoms with E-state index in [4.69, 9.17) is 16.2 Å². The maximum Gasteiger partial charge on any atom is 0.415 e. The Balaban J connectivity index is 1.49. The first-order valence-electron chi connectivity index (χ1n) is 11.7. The second-order valence-electron chi connectivity index (χ2n) is 8.48. The molecular weight excluding hydrogens is 398 g/mol. The molecule has 5 nitrogen and oxygen atoms in total. The average molecular weight is 432 g/mol. The van der Waals surface area contributed by atoms with Crippen LogP contribution >= 0.6 is 0 Å². The van der Waals surface area contributed by atoms with Crippen molar-refractivity contribution in [1.29, 1.82) is 0 Å². The molecule has 4 N–H and O–H groups in total. The van der Waals surface area contributed by atoms with Gasteiger partial charge in [-0.2, -0.15) is 0 Å². The van der Waals surface area contributed by atoms with E-state index in [-0.39, 0.29) is 6.09 Å². The fourth-order valence-electron chi connectivity index (χ4n) is 4.50. The second-order valence-corrected chi connectivity index (χ2v) is 8.48. The van der Waals surface area contributed by atoms with Crippen molar-refractivity contribution >= 4 is 33.7 Å². The quantitative estimate of drug-likeness (QED) is 0.340. The van der Waals surface area contributed by atoms with E-state index in [0.717, 1.165) is 50.5 Å². The van der Waals surface area contributed by atoms with Crippen LogP contribution in [0.4, 0.5) is 4.79 Å². The van der Waals surface area contributed by atoms with E-state index in [0.29, 0.717) is 25.4 Å². The zero-order valence-corrected chi connectivity index (χ0v) is 18.7. The van der Waals surface area contributed by atoms with Gasteiger partial charge in [0.05, 0.1) is 0 Å². The van der Waals surface area contributed by atoms with E-state index >= 15 is 0 Å². The lowest BCUT2D eigenvalue weighted by Gasteiger charge is -2.22. The summed E-state index contributed by atoms with van der Waals surface area (Å²) in [6.45, 7) is 2.57. The number of carbonyl (C=O) groups excluding carboxylic acids is 1. The summed E-state index contributed by atoms with van der Waals surface area (Å²) in [7, 11) is 0. The summed E-state index contributed by atoms with van der Waals surface area (Å²) in [5.74, 6) is 0.575. The average Bonchev–Trinajstić information content (AvgIpc) is 3.29. The highest BCUT2D eigenvalue weighted by atomic mass is 16.6. The van der Waals surface area contributed by atoms with Crippen molar-refractivity contribution in [1.82, 2.24) is 4.90 Å². The molecular formula is C27H33N3O2. The normalized spacial score (nSPS) is 12.4. The number of fused-ring (bicyclic) bond motifs is 5. The van der Waals surface area contributed by atoms with Crippen molar-refractivity contribution in [2.45, 2.75) is 38.5 Å². The van der Waals surface area contributed by atoms with Crippen LogP contribution in [0.1, 0.15) is 43.2 Å². The third kappa shape index (κ3) is 4.95. The Bertz CT molecular complexity index is 1120. The lowest BCUT2D eigenvalue weighted by Crippen LogP contribution is -2.36. The molecule has 1 aliphatic carbocycles. The van der Waals surface area contributed by atoms with Crippen LogP contribution in [0.3, 0.4) is 0 Å². The summed E-state index contributed by atoms with van der Waals surface area (Å²) in [6, 6.07) is 14.6. The van der Waals surface area contributed by atoms with Gasteiger partial charge in [0.2, 0.25) is 0 Å². The van der Waals surface area contributed by atoms with Crippen LogP contribution < -0.4 is 16.2 Å². The Morgan fingerprint density at radius 3 is 2.44 bits per heavy atom. The maximum atomic E-state index is 12.9. The molecule has 3 aromatic carbocycles. The van der Waals surface area contributed by atoms with Crippen molar-refractivity contribution in [3.63, 3.8) is 0 Å². The largest absolute Gasteiger partial charge is 0.415 e. The Labute approximate surface area is 190 Å².